The van der Waals surface area contributed by atoms with E-state index in [0.717, 1.165) is 11.1 Å². The quantitative estimate of drug-likeness (QED) is 0.322. The van der Waals surface area contributed by atoms with E-state index in [9.17, 15) is 9.59 Å². The van der Waals surface area contributed by atoms with E-state index < -0.39 is 0 Å². The summed E-state index contributed by atoms with van der Waals surface area (Å²) in [7, 11) is 0. The van der Waals surface area contributed by atoms with Crippen LogP contribution >= 0.6 is 23.1 Å². The van der Waals surface area contributed by atoms with Gasteiger partial charge in [-0.3, -0.25) is 14.9 Å². The molecule has 1 atom stereocenters. The number of nitrogens with one attached hydrogen (secondary N) is 1. The van der Waals surface area contributed by atoms with E-state index >= 15 is 0 Å². The minimum absolute atomic E-state index is 0.0425. The average Bonchev–Trinajstić information content (AvgIpc) is 3.15. The standard InChI is InChI=1S/C21H21N3O2S2/c1-3-17(15-7-5-4-6-8-15)19(26)22-20-23-24-21(28-20)27-13-18(25)16-11-9-14(2)10-12-16/h4-12,17H,3,13H2,1-2H3,(H,22,23,26)/t17-/m0/s1. The van der Waals surface area contributed by atoms with Crippen molar-refractivity contribution in [1.29, 1.82) is 0 Å². The van der Waals surface area contributed by atoms with Gasteiger partial charge in [0.25, 0.3) is 0 Å². The largest absolute Gasteiger partial charge is 0.300 e. The van der Waals surface area contributed by atoms with E-state index in [2.05, 4.69) is 15.5 Å². The fourth-order valence-corrected chi connectivity index (χ4v) is 4.37. The molecule has 1 aromatic heterocycles. The van der Waals surface area contributed by atoms with Gasteiger partial charge in [0.2, 0.25) is 11.0 Å². The zero-order valence-electron chi connectivity index (χ0n) is 15.7. The molecule has 0 aliphatic carbocycles. The molecule has 7 heteroatoms. The van der Waals surface area contributed by atoms with Crippen LogP contribution in [0.3, 0.4) is 0 Å². The zero-order valence-corrected chi connectivity index (χ0v) is 17.3. The van der Waals surface area contributed by atoms with Crippen molar-refractivity contribution >= 4 is 39.9 Å². The first-order chi connectivity index (χ1) is 13.6. The number of carbonyl (C=O) groups is 2. The van der Waals surface area contributed by atoms with E-state index in [-0.39, 0.29) is 23.4 Å². The van der Waals surface area contributed by atoms with Gasteiger partial charge >= 0.3 is 0 Å². The Labute approximate surface area is 172 Å². The third-order valence-corrected chi connectivity index (χ3v) is 6.24. The van der Waals surface area contributed by atoms with Crippen LogP contribution in [0.15, 0.2) is 58.9 Å². The number of ketones is 1. The van der Waals surface area contributed by atoms with Crippen LogP contribution in [0.4, 0.5) is 5.13 Å². The number of rotatable bonds is 8. The number of aromatic nitrogens is 2. The molecule has 0 saturated carbocycles. The molecular weight excluding hydrogens is 390 g/mol. The topological polar surface area (TPSA) is 72.0 Å². The molecule has 0 radical (unpaired) electrons. The number of hydrogen-bond acceptors (Lipinski definition) is 6. The number of benzene rings is 2. The van der Waals surface area contributed by atoms with E-state index in [1.54, 1.807) is 0 Å². The molecule has 1 N–H and O–H groups in total. The highest BCUT2D eigenvalue weighted by Gasteiger charge is 2.20. The fraction of sp³-hybridized carbons (Fsp3) is 0.238. The summed E-state index contributed by atoms with van der Waals surface area (Å²) in [6.07, 6.45) is 0.696. The molecule has 0 fully saturated rings. The molecule has 0 aliphatic heterocycles. The zero-order chi connectivity index (χ0) is 19.9. The van der Waals surface area contributed by atoms with Crippen molar-refractivity contribution < 1.29 is 9.59 Å². The minimum atomic E-state index is -0.232. The third kappa shape index (κ3) is 5.27. The molecule has 0 unspecified atom stereocenters. The lowest BCUT2D eigenvalue weighted by Gasteiger charge is -2.13. The number of anilines is 1. The average molecular weight is 412 g/mol. The van der Waals surface area contributed by atoms with E-state index in [0.29, 0.717) is 21.5 Å². The van der Waals surface area contributed by atoms with Crippen molar-refractivity contribution in [1.82, 2.24) is 10.2 Å². The molecular formula is C21H21N3O2S2. The summed E-state index contributed by atoms with van der Waals surface area (Å²) in [6, 6.07) is 17.2. The Kier molecular flexibility index (Phi) is 6.95. The van der Waals surface area contributed by atoms with Crippen molar-refractivity contribution in [3.8, 4) is 0 Å². The highest BCUT2D eigenvalue weighted by Crippen LogP contribution is 2.28. The molecule has 28 heavy (non-hydrogen) atoms. The highest BCUT2D eigenvalue weighted by atomic mass is 32.2. The van der Waals surface area contributed by atoms with Crippen LogP contribution in [0, 0.1) is 6.92 Å². The van der Waals surface area contributed by atoms with E-state index in [1.807, 2.05) is 68.4 Å². The number of Topliss-reactive ketones (excluding diaryl/α,β-unsaturated/α-hetero) is 1. The molecule has 5 nitrogen and oxygen atoms in total. The second-order valence-corrected chi connectivity index (χ2v) is 8.51. The van der Waals surface area contributed by atoms with Crippen molar-refractivity contribution in [3.63, 3.8) is 0 Å². The molecule has 3 rings (SSSR count). The lowest BCUT2D eigenvalue weighted by atomic mass is 9.96. The van der Waals surface area contributed by atoms with Gasteiger partial charge in [-0.1, -0.05) is 90.2 Å². The first-order valence-electron chi connectivity index (χ1n) is 8.98. The summed E-state index contributed by atoms with van der Waals surface area (Å²) in [5, 5.41) is 11.4. The van der Waals surface area contributed by atoms with Gasteiger partial charge in [-0.15, -0.1) is 10.2 Å². The normalized spacial score (nSPS) is 11.8. The molecule has 1 heterocycles. The van der Waals surface area contributed by atoms with Crippen LogP contribution < -0.4 is 5.32 Å². The van der Waals surface area contributed by atoms with E-state index in [1.165, 1.54) is 23.1 Å². The van der Waals surface area contributed by atoms with Gasteiger partial charge in [0.05, 0.1) is 11.7 Å². The van der Waals surface area contributed by atoms with Gasteiger partial charge < -0.3 is 0 Å². The number of carbonyl (C=O) groups excluding carboxylic acids is 2. The SMILES string of the molecule is CC[C@H](C(=O)Nc1nnc(SCC(=O)c2ccc(C)cc2)s1)c1ccccc1. The van der Waals surface area contributed by atoms with Crippen LogP contribution in [-0.4, -0.2) is 27.6 Å². The van der Waals surface area contributed by atoms with Crippen LogP contribution in [-0.2, 0) is 4.79 Å². The third-order valence-electron chi connectivity index (χ3n) is 4.26. The summed E-state index contributed by atoms with van der Waals surface area (Å²) in [4.78, 5) is 24.9. The first kappa shape index (κ1) is 20.2. The molecule has 1 amide bonds. The first-order valence-corrected chi connectivity index (χ1v) is 10.8. The van der Waals surface area contributed by atoms with Crippen LogP contribution in [0.25, 0.3) is 0 Å². The Balaban J connectivity index is 1.57. The van der Waals surface area contributed by atoms with Gasteiger partial charge in [0.1, 0.15) is 0 Å². The smallest absolute Gasteiger partial charge is 0.233 e. The number of nitrogens with zero attached hydrogens (tertiary/aromatic N) is 2. The number of thioether (sulfide) groups is 1. The van der Waals surface area contributed by atoms with Crippen molar-refractivity contribution in [3.05, 3.63) is 71.3 Å². The summed E-state index contributed by atoms with van der Waals surface area (Å²) >= 11 is 2.61. The number of amides is 1. The van der Waals surface area contributed by atoms with Gasteiger partial charge in [-0.25, -0.2) is 0 Å². The summed E-state index contributed by atoms with van der Waals surface area (Å²) in [5.74, 6) is -0.00452. The Morgan fingerprint density at radius 3 is 2.46 bits per heavy atom. The molecule has 0 saturated heterocycles. The highest BCUT2D eigenvalue weighted by molar-refractivity contribution is 8.01. The second kappa shape index (κ2) is 9.61. The minimum Gasteiger partial charge on any atom is -0.300 e. The van der Waals surface area contributed by atoms with Gasteiger partial charge in [-0.05, 0) is 18.9 Å². The number of aryl methyl sites for hydroxylation is 1. The lowest BCUT2D eigenvalue weighted by Crippen LogP contribution is -2.20. The maximum atomic E-state index is 12.6. The molecule has 144 valence electrons. The monoisotopic (exact) mass is 411 g/mol. The van der Waals surface area contributed by atoms with Crippen LogP contribution in [0.1, 0.15) is 40.7 Å². The molecule has 0 spiro atoms. The van der Waals surface area contributed by atoms with E-state index in [4.69, 9.17) is 0 Å². The van der Waals surface area contributed by atoms with Crippen LogP contribution in [0.5, 0.6) is 0 Å². The fourth-order valence-electron chi connectivity index (χ4n) is 2.72. The maximum absolute atomic E-state index is 12.6. The lowest BCUT2D eigenvalue weighted by molar-refractivity contribution is -0.117. The van der Waals surface area contributed by atoms with Gasteiger partial charge in [-0.2, -0.15) is 0 Å². The van der Waals surface area contributed by atoms with Gasteiger partial charge in [0, 0.05) is 5.56 Å². The predicted molar refractivity (Wildman–Crippen MR) is 114 cm³/mol. The predicted octanol–water partition coefficient (Wildman–Crippen LogP) is 4.95. The molecule has 2 aromatic carbocycles. The molecule has 3 aromatic rings. The molecule has 0 aliphatic rings. The number of hydrogen-bond donors (Lipinski definition) is 1. The molecule has 0 bridgehead atoms. The Hall–Kier alpha value is -2.51. The Bertz CT molecular complexity index is 940. The summed E-state index contributed by atoms with van der Waals surface area (Å²) in [6.45, 7) is 3.97. The van der Waals surface area contributed by atoms with Crippen LogP contribution in [0.2, 0.25) is 0 Å². The van der Waals surface area contributed by atoms with Crippen molar-refractivity contribution in [2.24, 2.45) is 0 Å². The van der Waals surface area contributed by atoms with Crippen molar-refractivity contribution in [2.45, 2.75) is 30.5 Å². The Morgan fingerprint density at radius 2 is 1.79 bits per heavy atom. The van der Waals surface area contributed by atoms with Gasteiger partial charge in [0.15, 0.2) is 10.1 Å². The Morgan fingerprint density at radius 1 is 1.07 bits per heavy atom. The van der Waals surface area contributed by atoms with Crippen molar-refractivity contribution in [2.75, 3.05) is 11.1 Å². The summed E-state index contributed by atoms with van der Waals surface area (Å²) in [5.41, 5.74) is 2.78. The second-order valence-electron chi connectivity index (χ2n) is 6.31. The maximum Gasteiger partial charge on any atom is 0.233 e. The summed E-state index contributed by atoms with van der Waals surface area (Å²) < 4.78 is 0.656.